The molecular weight excluding hydrogens is 767 g/mol. The average molecular weight is 855 g/mol. The highest BCUT2D eigenvalue weighted by molar-refractivity contribution is 7.47. The smallest absolute Gasteiger partial charge is 0.462 e. The summed E-state index contributed by atoms with van der Waals surface area (Å²) >= 11 is 0. The van der Waals surface area contributed by atoms with Crippen molar-refractivity contribution in [3.8, 4) is 0 Å². The van der Waals surface area contributed by atoms with Gasteiger partial charge in [-0.1, -0.05) is 191 Å². The molecule has 1 unspecified atom stereocenters. The van der Waals surface area contributed by atoms with E-state index in [4.69, 9.17) is 23.6 Å². The van der Waals surface area contributed by atoms with Crippen LogP contribution in [-0.2, 0) is 32.7 Å². The molecule has 0 bridgehead atoms. The van der Waals surface area contributed by atoms with Gasteiger partial charge < -0.3 is 24.6 Å². The lowest BCUT2D eigenvalue weighted by Crippen LogP contribution is -2.29. The zero-order valence-corrected chi connectivity index (χ0v) is 38.4. The summed E-state index contributed by atoms with van der Waals surface area (Å²) in [6.45, 7) is 2.31. The number of carbonyl (C=O) groups excluding carboxylic acids is 2. The molecule has 3 atom stereocenters. The van der Waals surface area contributed by atoms with E-state index in [0.717, 1.165) is 44.9 Å². The van der Waals surface area contributed by atoms with E-state index in [1.54, 1.807) is 0 Å². The van der Waals surface area contributed by atoms with Crippen molar-refractivity contribution in [1.29, 1.82) is 0 Å². The number of hydrogen-bond donors (Lipinski definition) is 3. The number of rotatable bonds is 44. The molecule has 0 saturated carbocycles. The normalized spacial score (nSPS) is 14.2. The Morgan fingerprint density at radius 3 is 1.37 bits per heavy atom. The van der Waals surface area contributed by atoms with E-state index in [0.29, 0.717) is 19.3 Å². The molecule has 0 heterocycles. The van der Waals surface area contributed by atoms with Crippen LogP contribution >= 0.6 is 7.82 Å². The monoisotopic (exact) mass is 855 g/mol. The number of esters is 2. The standard InChI is InChI=1S/C48H87O10P/c1-3-5-7-9-11-13-15-17-19-21-22-24-26-28-30-32-34-36-38-40-48(52)58-46(44-57-59(53,54)56-42-45(50)41-49)43-55-47(51)39-37-35-33-31-29-27-25-23-20-18-16-14-12-10-8-6-4-2/h12,14,18,20,25,27,31,33,45-46,49-50H,3-11,13,15-17,19,21-24,26,28-30,32,34-44H2,1-2H3,(H,53,54)/b14-12+,20-18+,27-25+,33-31+/t45-,46+/m0/s1. The predicted octanol–water partition coefficient (Wildman–Crippen LogP) is 12.9. The van der Waals surface area contributed by atoms with Crippen molar-refractivity contribution >= 4 is 19.8 Å². The lowest BCUT2D eigenvalue weighted by Gasteiger charge is -2.20. The number of phosphoric ester groups is 1. The SMILES string of the molecule is CCCCC/C=C/C/C=C/C/C=C/C/C=C/CCCC(=O)OC[C@H](COP(=O)(O)OC[C@@H](O)CO)OC(=O)CCCCCCCCCCCCCCCCCCCCC. The molecule has 0 fully saturated rings. The fourth-order valence-electron chi connectivity index (χ4n) is 6.34. The van der Waals surface area contributed by atoms with Crippen molar-refractivity contribution < 1.29 is 47.8 Å². The maximum Gasteiger partial charge on any atom is 0.472 e. The molecule has 11 heteroatoms. The van der Waals surface area contributed by atoms with Crippen LogP contribution in [0.15, 0.2) is 48.6 Å². The van der Waals surface area contributed by atoms with E-state index in [1.165, 1.54) is 116 Å². The fraction of sp³-hybridized carbons (Fsp3) is 0.792. The van der Waals surface area contributed by atoms with Gasteiger partial charge in [-0.25, -0.2) is 4.57 Å². The van der Waals surface area contributed by atoms with Gasteiger partial charge in [0.2, 0.25) is 0 Å². The molecule has 0 aromatic carbocycles. The second-order valence-corrected chi connectivity index (χ2v) is 17.2. The van der Waals surface area contributed by atoms with Crippen LogP contribution in [0.25, 0.3) is 0 Å². The Morgan fingerprint density at radius 1 is 0.508 bits per heavy atom. The molecule has 0 saturated heterocycles. The van der Waals surface area contributed by atoms with Crippen molar-refractivity contribution in [3.63, 3.8) is 0 Å². The second-order valence-electron chi connectivity index (χ2n) is 15.8. The van der Waals surface area contributed by atoms with Crippen LogP contribution in [0, 0.1) is 0 Å². The van der Waals surface area contributed by atoms with Gasteiger partial charge in [0.25, 0.3) is 0 Å². The Hall–Kier alpha value is -2.07. The van der Waals surface area contributed by atoms with E-state index in [-0.39, 0.29) is 19.4 Å². The van der Waals surface area contributed by atoms with Gasteiger partial charge in [-0.15, -0.1) is 0 Å². The summed E-state index contributed by atoms with van der Waals surface area (Å²) in [7, 11) is -4.63. The lowest BCUT2D eigenvalue weighted by atomic mass is 10.0. The summed E-state index contributed by atoms with van der Waals surface area (Å²) in [6, 6.07) is 0. The van der Waals surface area contributed by atoms with Gasteiger partial charge in [0.05, 0.1) is 19.8 Å². The molecule has 0 aliphatic carbocycles. The molecule has 0 radical (unpaired) electrons. The van der Waals surface area contributed by atoms with Crippen LogP contribution in [-0.4, -0.2) is 65.7 Å². The summed E-state index contributed by atoms with van der Waals surface area (Å²) in [5.74, 6) is -0.984. The molecule has 3 N–H and O–H groups in total. The van der Waals surface area contributed by atoms with Crippen LogP contribution in [0.1, 0.15) is 206 Å². The molecule has 0 amide bonds. The summed E-state index contributed by atoms with van der Waals surface area (Å²) in [5.41, 5.74) is 0. The molecular formula is C48H87O10P. The van der Waals surface area contributed by atoms with Crippen LogP contribution in [0.2, 0.25) is 0 Å². The third-order valence-corrected chi connectivity index (χ3v) is 10.9. The van der Waals surface area contributed by atoms with Gasteiger partial charge in [-0.3, -0.25) is 18.6 Å². The summed E-state index contributed by atoms with van der Waals surface area (Å²) in [4.78, 5) is 35.0. The van der Waals surface area contributed by atoms with Crippen molar-refractivity contribution in [2.75, 3.05) is 26.4 Å². The third-order valence-electron chi connectivity index (χ3n) is 9.99. The lowest BCUT2D eigenvalue weighted by molar-refractivity contribution is -0.161. The largest absolute Gasteiger partial charge is 0.472 e. The first kappa shape index (κ1) is 56.9. The van der Waals surface area contributed by atoms with Gasteiger partial charge >= 0.3 is 19.8 Å². The number of unbranched alkanes of at least 4 members (excludes halogenated alkanes) is 22. The molecule has 0 aliphatic rings. The summed E-state index contributed by atoms with van der Waals surface area (Å²) < 4.78 is 32.7. The summed E-state index contributed by atoms with van der Waals surface area (Å²) in [5, 5.41) is 18.4. The maximum atomic E-state index is 12.6. The van der Waals surface area contributed by atoms with E-state index in [9.17, 15) is 24.2 Å². The van der Waals surface area contributed by atoms with Crippen LogP contribution < -0.4 is 0 Å². The Balaban J connectivity index is 4.30. The molecule has 59 heavy (non-hydrogen) atoms. The van der Waals surface area contributed by atoms with E-state index >= 15 is 0 Å². The van der Waals surface area contributed by atoms with Crippen LogP contribution in [0.5, 0.6) is 0 Å². The number of carbonyl (C=O) groups is 2. The number of aliphatic hydroxyl groups excluding tert-OH is 2. The van der Waals surface area contributed by atoms with Gasteiger partial charge in [-0.2, -0.15) is 0 Å². The Bertz CT molecular complexity index is 1120. The number of aliphatic hydroxyl groups is 2. The van der Waals surface area contributed by atoms with Crippen LogP contribution in [0.3, 0.4) is 0 Å². The molecule has 0 aromatic heterocycles. The van der Waals surface area contributed by atoms with Gasteiger partial charge in [0, 0.05) is 12.8 Å². The van der Waals surface area contributed by atoms with Crippen LogP contribution in [0.4, 0.5) is 0 Å². The molecule has 0 aliphatic heterocycles. The van der Waals surface area contributed by atoms with Crippen molar-refractivity contribution in [1.82, 2.24) is 0 Å². The van der Waals surface area contributed by atoms with E-state index in [2.05, 4.69) is 56.4 Å². The second kappa shape index (κ2) is 44.0. The van der Waals surface area contributed by atoms with Crippen molar-refractivity contribution in [2.45, 2.75) is 219 Å². The number of phosphoric acid groups is 1. The van der Waals surface area contributed by atoms with E-state index < -0.39 is 51.8 Å². The highest BCUT2D eigenvalue weighted by atomic mass is 31.2. The van der Waals surface area contributed by atoms with E-state index in [1.807, 2.05) is 6.08 Å². The predicted molar refractivity (Wildman–Crippen MR) is 242 cm³/mol. The Morgan fingerprint density at radius 2 is 0.898 bits per heavy atom. The Labute approximate surface area is 360 Å². The quantitative estimate of drug-likeness (QED) is 0.0234. The molecule has 344 valence electrons. The fourth-order valence-corrected chi connectivity index (χ4v) is 7.13. The molecule has 10 nitrogen and oxygen atoms in total. The maximum absolute atomic E-state index is 12.6. The van der Waals surface area contributed by atoms with Crippen molar-refractivity contribution in [3.05, 3.63) is 48.6 Å². The molecule has 0 spiro atoms. The number of allylic oxidation sites excluding steroid dienone is 8. The zero-order chi connectivity index (χ0) is 43.3. The Kier molecular flexibility index (Phi) is 42.5. The van der Waals surface area contributed by atoms with Gasteiger partial charge in [-0.05, 0) is 51.4 Å². The minimum absolute atomic E-state index is 0.166. The first-order valence-corrected chi connectivity index (χ1v) is 25.1. The highest BCUT2D eigenvalue weighted by Crippen LogP contribution is 2.43. The van der Waals surface area contributed by atoms with Gasteiger partial charge in [0.1, 0.15) is 12.7 Å². The molecule has 0 rings (SSSR count). The highest BCUT2D eigenvalue weighted by Gasteiger charge is 2.27. The minimum Gasteiger partial charge on any atom is -0.462 e. The van der Waals surface area contributed by atoms with Crippen molar-refractivity contribution in [2.24, 2.45) is 0 Å². The first-order chi connectivity index (χ1) is 28.7. The van der Waals surface area contributed by atoms with Gasteiger partial charge in [0.15, 0.2) is 6.10 Å². The summed E-state index contributed by atoms with van der Waals surface area (Å²) in [6.07, 6.45) is 48.0. The number of ether oxygens (including phenoxy) is 2. The zero-order valence-electron chi connectivity index (χ0n) is 37.5. The average Bonchev–Trinajstić information content (AvgIpc) is 3.22. The minimum atomic E-state index is -4.63. The first-order valence-electron chi connectivity index (χ1n) is 23.6. The number of hydrogen-bond acceptors (Lipinski definition) is 9. The topological polar surface area (TPSA) is 149 Å². The third kappa shape index (κ3) is 43.8. The molecule has 0 aromatic rings.